The summed E-state index contributed by atoms with van der Waals surface area (Å²) in [6, 6.07) is 0. The van der Waals surface area contributed by atoms with Crippen LogP contribution in [-0.2, 0) is 9.53 Å². The van der Waals surface area contributed by atoms with Crippen LogP contribution in [0.3, 0.4) is 0 Å². The van der Waals surface area contributed by atoms with Gasteiger partial charge in [0.1, 0.15) is 6.29 Å². The monoisotopic (exact) mass is 266 g/mol. The highest BCUT2D eigenvalue weighted by Crippen LogP contribution is 2.28. The first-order valence-corrected chi connectivity index (χ1v) is 7.78. The molecule has 0 radical (unpaired) electrons. The number of rotatable bonds is 8. The highest BCUT2D eigenvalue weighted by atomic mass is 16.5. The van der Waals surface area contributed by atoms with Gasteiger partial charge in [-0.2, -0.15) is 0 Å². The van der Waals surface area contributed by atoms with Crippen molar-refractivity contribution in [3.8, 4) is 0 Å². The van der Waals surface area contributed by atoms with Crippen LogP contribution in [-0.4, -0.2) is 18.5 Å². The van der Waals surface area contributed by atoms with E-state index in [0.29, 0.717) is 24.4 Å². The summed E-state index contributed by atoms with van der Waals surface area (Å²) in [4.78, 5) is 10.6. The number of carbonyl (C=O) groups is 1. The molecule has 3 atom stereocenters. The summed E-state index contributed by atoms with van der Waals surface area (Å²) in [7, 11) is 0. The zero-order chi connectivity index (χ0) is 14.3. The summed E-state index contributed by atoms with van der Waals surface area (Å²) in [6.07, 6.45) is 9.87. The van der Waals surface area contributed by atoms with E-state index in [1.165, 1.54) is 12.0 Å². The summed E-state index contributed by atoms with van der Waals surface area (Å²) in [6.45, 7) is 8.97. The molecule has 2 nitrogen and oxygen atoms in total. The molecule has 0 saturated carbocycles. The lowest BCUT2D eigenvalue weighted by Crippen LogP contribution is -2.27. The van der Waals surface area contributed by atoms with E-state index in [1.54, 1.807) is 0 Å². The van der Waals surface area contributed by atoms with Gasteiger partial charge in [-0.3, -0.25) is 0 Å². The molecule has 1 aliphatic carbocycles. The van der Waals surface area contributed by atoms with Gasteiger partial charge in [-0.1, -0.05) is 32.4 Å². The Labute approximate surface area is 118 Å². The van der Waals surface area contributed by atoms with Crippen molar-refractivity contribution in [2.45, 2.75) is 78.4 Å². The minimum Gasteiger partial charge on any atom is -0.375 e. The van der Waals surface area contributed by atoms with Crippen molar-refractivity contribution in [3.05, 3.63) is 11.6 Å². The van der Waals surface area contributed by atoms with Crippen LogP contribution in [0.4, 0.5) is 0 Å². The van der Waals surface area contributed by atoms with Gasteiger partial charge in [0.25, 0.3) is 0 Å². The molecular weight excluding hydrogens is 236 g/mol. The van der Waals surface area contributed by atoms with E-state index in [1.807, 2.05) is 0 Å². The molecule has 0 aromatic heterocycles. The zero-order valence-electron chi connectivity index (χ0n) is 13.0. The fourth-order valence-electron chi connectivity index (χ4n) is 2.63. The lowest BCUT2D eigenvalue weighted by molar-refractivity contribution is -0.109. The van der Waals surface area contributed by atoms with Crippen LogP contribution >= 0.6 is 0 Å². The average Bonchev–Trinajstić information content (AvgIpc) is 2.37. The third-order valence-electron chi connectivity index (χ3n) is 4.15. The molecule has 0 fully saturated rings. The summed E-state index contributed by atoms with van der Waals surface area (Å²) in [5, 5.41) is 0. The smallest absolute Gasteiger partial charge is 0.120 e. The van der Waals surface area contributed by atoms with E-state index < -0.39 is 0 Å². The van der Waals surface area contributed by atoms with Gasteiger partial charge in [-0.25, -0.2) is 0 Å². The Bertz CT molecular complexity index is 294. The number of hydrogen-bond donors (Lipinski definition) is 0. The van der Waals surface area contributed by atoms with E-state index in [9.17, 15) is 4.79 Å². The van der Waals surface area contributed by atoms with Gasteiger partial charge in [-0.15, -0.1) is 0 Å². The summed E-state index contributed by atoms with van der Waals surface area (Å²) < 4.78 is 6.26. The predicted octanol–water partition coefficient (Wildman–Crippen LogP) is 4.53. The van der Waals surface area contributed by atoms with Crippen molar-refractivity contribution in [2.24, 2.45) is 11.8 Å². The molecule has 0 spiro atoms. The Hall–Kier alpha value is -0.630. The summed E-state index contributed by atoms with van der Waals surface area (Å²) >= 11 is 0. The minimum absolute atomic E-state index is 0.261. The van der Waals surface area contributed by atoms with Crippen molar-refractivity contribution in [1.29, 1.82) is 0 Å². The quantitative estimate of drug-likeness (QED) is 0.476. The molecule has 3 unspecified atom stereocenters. The summed E-state index contributed by atoms with van der Waals surface area (Å²) in [5.41, 5.74) is 1.49. The van der Waals surface area contributed by atoms with E-state index in [4.69, 9.17) is 4.74 Å². The van der Waals surface area contributed by atoms with Crippen LogP contribution in [0.25, 0.3) is 0 Å². The molecule has 0 amide bonds. The summed E-state index contributed by atoms with van der Waals surface area (Å²) in [5.74, 6) is 1.34. The molecule has 0 bridgehead atoms. The van der Waals surface area contributed by atoms with Gasteiger partial charge in [0.05, 0.1) is 12.2 Å². The van der Waals surface area contributed by atoms with Crippen molar-refractivity contribution in [3.63, 3.8) is 0 Å². The third-order valence-corrected chi connectivity index (χ3v) is 4.15. The first kappa shape index (κ1) is 16.4. The maximum Gasteiger partial charge on any atom is 0.120 e. The van der Waals surface area contributed by atoms with E-state index in [2.05, 4.69) is 33.8 Å². The lowest BCUT2D eigenvalue weighted by Gasteiger charge is -2.30. The molecule has 0 aromatic carbocycles. The molecule has 0 N–H and O–H groups in total. The molecule has 1 aliphatic rings. The zero-order valence-corrected chi connectivity index (χ0v) is 13.0. The fraction of sp³-hybridized carbons (Fsp3) is 0.824. The molecular formula is C17H30O2. The topological polar surface area (TPSA) is 26.3 Å². The fourth-order valence-corrected chi connectivity index (χ4v) is 2.63. The van der Waals surface area contributed by atoms with Gasteiger partial charge in [0.15, 0.2) is 0 Å². The molecule has 1 rings (SSSR count). The maximum atomic E-state index is 10.6. The second-order valence-corrected chi connectivity index (χ2v) is 6.42. The minimum atomic E-state index is 0.261. The number of carbonyl (C=O) groups excluding carboxylic acids is 1. The molecule has 0 heterocycles. The molecule has 0 saturated heterocycles. The molecule has 110 valence electrons. The molecule has 2 heteroatoms. The Morgan fingerprint density at radius 3 is 2.68 bits per heavy atom. The van der Waals surface area contributed by atoms with Gasteiger partial charge < -0.3 is 9.53 Å². The van der Waals surface area contributed by atoms with Crippen molar-refractivity contribution in [2.75, 3.05) is 0 Å². The van der Waals surface area contributed by atoms with Crippen LogP contribution in [0.5, 0.6) is 0 Å². The van der Waals surface area contributed by atoms with Gasteiger partial charge in [0, 0.05) is 6.42 Å². The Morgan fingerprint density at radius 1 is 1.37 bits per heavy atom. The van der Waals surface area contributed by atoms with Crippen molar-refractivity contribution in [1.82, 2.24) is 0 Å². The van der Waals surface area contributed by atoms with Crippen LogP contribution in [0.2, 0.25) is 0 Å². The third kappa shape index (κ3) is 6.38. The second kappa shape index (κ2) is 8.52. The van der Waals surface area contributed by atoms with Crippen LogP contribution in [0.1, 0.15) is 66.2 Å². The number of allylic oxidation sites excluding steroid dienone is 1. The highest BCUT2D eigenvalue weighted by molar-refractivity contribution is 5.49. The second-order valence-electron chi connectivity index (χ2n) is 6.42. The number of aldehydes is 1. The first-order chi connectivity index (χ1) is 9.02. The highest BCUT2D eigenvalue weighted by Gasteiger charge is 2.22. The van der Waals surface area contributed by atoms with Gasteiger partial charge in [-0.05, 0) is 50.9 Å². The molecule has 0 aromatic rings. The lowest BCUT2D eigenvalue weighted by atomic mass is 9.88. The van der Waals surface area contributed by atoms with Gasteiger partial charge in [0.2, 0.25) is 0 Å². The van der Waals surface area contributed by atoms with E-state index >= 15 is 0 Å². The SMILES string of the molecule is CC1=CCC(OC(CCC=O)CCC(C)C)CC1C. The average molecular weight is 266 g/mol. The van der Waals surface area contributed by atoms with Crippen molar-refractivity contribution < 1.29 is 9.53 Å². The van der Waals surface area contributed by atoms with Gasteiger partial charge >= 0.3 is 0 Å². The van der Waals surface area contributed by atoms with E-state index in [-0.39, 0.29) is 6.10 Å². The predicted molar refractivity (Wildman–Crippen MR) is 80.2 cm³/mol. The largest absolute Gasteiger partial charge is 0.375 e. The van der Waals surface area contributed by atoms with Crippen LogP contribution in [0.15, 0.2) is 11.6 Å². The molecule has 19 heavy (non-hydrogen) atoms. The van der Waals surface area contributed by atoms with E-state index in [0.717, 1.165) is 32.0 Å². The number of hydrogen-bond acceptors (Lipinski definition) is 2. The standard InChI is InChI=1S/C17H30O2/c1-13(2)7-9-16(6-5-11-18)19-17-10-8-14(3)15(4)12-17/h8,11,13,15-17H,5-7,9-10,12H2,1-4H3. The maximum absolute atomic E-state index is 10.6. The Morgan fingerprint density at radius 2 is 2.11 bits per heavy atom. The Balaban J connectivity index is 2.44. The normalized spacial score (nSPS) is 25.2. The Kier molecular flexibility index (Phi) is 7.37. The molecule has 0 aliphatic heterocycles. The van der Waals surface area contributed by atoms with Crippen LogP contribution in [0, 0.1) is 11.8 Å². The number of ether oxygens (including phenoxy) is 1. The first-order valence-electron chi connectivity index (χ1n) is 7.78. The van der Waals surface area contributed by atoms with Crippen molar-refractivity contribution >= 4 is 6.29 Å². The van der Waals surface area contributed by atoms with Crippen LogP contribution < -0.4 is 0 Å².